The summed E-state index contributed by atoms with van der Waals surface area (Å²) in [6.45, 7) is 0.760. The van der Waals surface area contributed by atoms with Crippen LogP contribution in [0.15, 0.2) is 36.4 Å². The topological polar surface area (TPSA) is 114 Å². The van der Waals surface area contributed by atoms with Gasteiger partial charge in [0.15, 0.2) is 11.5 Å². The van der Waals surface area contributed by atoms with E-state index < -0.39 is 11.9 Å². The molecule has 8 nitrogen and oxygen atoms in total. The van der Waals surface area contributed by atoms with E-state index in [4.69, 9.17) is 34.0 Å². The smallest absolute Gasteiger partial charge is 0.414 e. The van der Waals surface area contributed by atoms with E-state index in [0.29, 0.717) is 23.3 Å². The second kappa shape index (κ2) is 11.1. The fraction of sp³-hybridized carbons (Fsp3) is 0.364. The maximum atomic E-state index is 9.10. The van der Waals surface area contributed by atoms with Crippen molar-refractivity contribution in [2.75, 3.05) is 21.3 Å². The summed E-state index contributed by atoms with van der Waals surface area (Å²) in [4.78, 5) is 18.2. The summed E-state index contributed by atoms with van der Waals surface area (Å²) < 4.78 is 16.3. The van der Waals surface area contributed by atoms with Crippen LogP contribution >= 0.6 is 0 Å². The van der Waals surface area contributed by atoms with Crippen molar-refractivity contribution in [3.05, 3.63) is 53.1 Å². The lowest BCUT2D eigenvalue weighted by atomic mass is 9.87. The molecule has 0 fully saturated rings. The van der Waals surface area contributed by atoms with Crippen LogP contribution in [0.1, 0.15) is 35.6 Å². The number of nitrogens with one attached hydrogen (secondary N) is 1. The van der Waals surface area contributed by atoms with E-state index in [9.17, 15) is 0 Å². The molecule has 0 bridgehead atoms. The first-order chi connectivity index (χ1) is 14.4. The summed E-state index contributed by atoms with van der Waals surface area (Å²) in [7, 11) is 4.91. The van der Waals surface area contributed by atoms with Crippen LogP contribution in [0.25, 0.3) is 0 Å². The van der Waals surface area contributed by atoms with Crippen molar-refractivity contribution in [3.63, 3.8) is 0 Å². The van der Waals surface area contributed by atoms with Crippen molar-refractivity contribution in [2.45, 2.75) is 31.8 Å². The zero-order chi connectivity index (χ0) is 22.1. The maximum Gasteiger partial charge on any atom is 0.414 e. The molecule has 0 saturated carbocycles. The maximum absolute atomic E-state index is 9.10. The molecule has 8 heteroatoms. The fourth-order valence-electron chi connectivity index (χ4n) is 3.44. The lowest BCUT2D eigenvalue weighted by Gasteiger charge is -2.26. The van der Waals surface area contributed by atoms with Gasteiger partial charge in [0, 0.05) is 12.6 Å². The molecule has 0 spiro atoms. The minimum atomic E-state index is -1.82. The standard InChI is InChI=1S/C20H25NO3.C2H2O4/c1-22-18-11-14(12-19(23-2)20(18)24-3)13-21-17-10-6-8-15-7-4-5-9-16(15)17;3-1(4)2(5)6/h4-5,7,9,11-12,17,21H,6,8,10,13H2,1-3H3;(H,3,4)(H,5,6). The molecule has 0 heterocycles. The van der Waals surface area contributed by atoms with Crippen molar-refractivity contribution < 1.29 is 34.0 Å². The molecule has 1 unspecified atom stereocenters. The number of benzene rings is 2. The van der Waals surface area contributed by atoms with Gasteiger partial charge in [0.2, 0.25) is 5.75 Å². The van der Waals surface area contributed by atoms with E-state index in [-0.39, 0.29) is 0 Å². The van der Waals surface area contributed by atoms with Crippen molar-refractivity contribution in [3.8, 4) is 17.2 Å². The first kappa shape index (κ1) is 23.0. The van der Waals surface area contributed by atoms with E-state index >= 15 is 0 Å². The van der Waals surface area contributed by atoms with Gasteiger partial charge in [-0.25, -0.2) is 9.59 Å². The quantitative estimate of drug-likeness (QED) is 0.615. The van der Waals surface area contributed by atoms with Crippen molar-refractivity contribution in [2.24, 2.45) is 0 Å². The van der Waals surface area contributed by atoms with Gasteiger partial charge >= 0.3 is 11.9 Å². The van der Waals surface area contributed by atoms with Crippen LogP contribution in [0, 0.1) is 0 Å². The summed E-state index contributed by atoms with van der Waals surface area (Å²) in [6, 6.07) is 13.1. The van der Waals surface area contributed by atoms with Crippen LogP contribution in [0.5, 0.6) is 17.2 Å². The summed E-state index contributed by atoms with van der Waals surface area (Å²) in [5, 5.41) is 18.5. The highest BCUT2D eigenvalue weighted by molar-refractivity contribution is 6.27. The highest BCUT2D eigenvalue weighted by atomic mass is 16.5. The van der Waals surface area contributed by atoms with Crippen LogP contribution in [0.4, 0.5) is 0 Å². The minimum absolute atomic E-state index is 0.397. The Morgan fingerprint density at radius 2 is 1.60 bits per heavy atom. The lowest BCUT2D eigenvalue weighted by Crippen LogP contribution is -2.24. The number of carboxylic acid groups (broad SMARTS) is 2. The van der Waals surface area contributed by atoms with E-state index in [1.54, 1.807) is 21.3 Å². The molecule has 0 radical (unpaired) electrons. The minimum Gasteiger partial charge on any atom is -0.493 e. The predicted octanol–water partition coefficient (Wildman–Crippen LogP) is 3.04. The molecular formula is C22H27NO7. The van der Waals surface area contributed by atoms with Crippen LogP contribution in [0.3, 0.4) is 0 Å². The third-order valence-corrected chi connectivity index (χ3v) is 4.83. The molecule has 2 aromatic rings. The zero-order valence-corrected chi connectivity index (χ0v) is 17.3. The van der Waals surface area contributed by atoms with Gasteiger partial charge < -0.3 is 29.7 Å². The number of aryl methyl sites for hydroxylation is 1. The number of methoxy groups -OCH3 is 3. The van der Waals surface area contributed by atoms with E-state index in [1.807, 2.05) is 12.1 Å². The Hall–Kier alpha value is -3.26. The molecule has 1 aliphatic rings. The molecule has 2 aromatic carbocycles. The van der Waals surface area contributed by atoms with E-state index in [1.165, 1.54) is 30.4 Å². The number of carbonyl (C=O) groups is 2. The third kappa shape index (κ3) is 5.87. The summed E-state index contributed by atoms with van der Waals surface area (Å²) in [5.74, 6) is -1.63. The van der Waals surface area contributed by atoms with Crippen LogP contribution in [-0.4, -0.2) is 43.5 Å². The first-order valence-electron chi connectivity index (χ1n) is 9.47. The molecule has 162 valence electrons. The van der Waals surface area contributed by atoms with Crippen LogP contribution < -0.4 is 19.5 Å². The zero-order valence-electron chi connectivity index (χ0n) is 17.3. The summed E-state index contributed by atoms with van der Waals surface area (Å²) >= 11 is 0. The highest BCUT2D eigenvalue weighted by Crippen LogP contribution is 2.38. The van der Waals surface area contributed by atoms with Crippen LogP contribution in [0.2, 0.25) is 0 Å². The molecule has 1 atom stereocenters. The van der Waals surface area contributed by atoms with Gasteiger partial charge in [-0.3, -0.25) is 0 Å². The predicted molar refractivity (Wildman–Crippen MR) is 110 cm³/mol. The van der Waals surface area contributed by atoms with Crippen molar-refractivity contribution in [1.82, 2.24) is 5.32 Å². The Bertz CT molecular complexity index is 845. The number of aliphatic carboxylic acids is 2. The average Bonchev–Trinajstić information content (AvgIpc) is 2.77. The summed E-state index contributed by atoms with van der Waals surface area (Å²) in [6.07, 6.45) is 3.57. The highest BCUT2D eigenvalue weighted by Gasteiger charge is 2.20. The Morgan fingerprint density at radius 1 is 1.00 bits per heavy atom. The molecular weight excluding hydrogens is 390 g/mol. The van der Waals surface area contributed by atoms with Gasteiger partial charge in [0.1, 0.15) is 0 Å². The monoisotopic (exact) mass is 417 g/mol. The van der Waals surface area contributed by atoms with E-state index in [2.05, 4.69) is 29.6 Å². The number of hydrogen-bond donors (Lipinski definition) is 3. The van der Waals surface area contributed by atoms with Gasteiger partial charge in [-0.15, -0.1) is 0 Å². The average molecular weight is 417 g/mol. The van der Waals surface area contributed by atoms with E-state index in [0.717, 1.165) is 12.1 Å². The SMILES string of the molecule is COc1cc(CNC2CCCc3ccccc32)cc(OC)c1OC.O=C(O)C(=O)O. The molecule has 30 heavy (non-hydrogen) atoms. The fourth-order valence-corrected chi connectivity index (χ4v) is 3.44. The first-order valence-corrected chi connectivity index (χ1v) is 9.47. The Kier molecular flexibility index (Phi) is 8.49. The molecule has 0 amide bonds. The van der Waals surface area contributed by atoms with Crippen molar-refractivity contribution >= 4 is 11.9 Å². The lowest BCUT2D eigenvalue weighted by molar-refractivity contribution is -0.159. The van der Waals surface area contributed by atoms with Gasteiger partial charge in [0.05, 0.1) is 21.3 Å². The molecule has 3 rings (SSSR count). The molecule has 3 N–H and O–H groups in total. The molecule has 0 aliphatic heterocycles. The molecule has 1 aliphatic carbocycles. The molecule has 0 saturated heterocycles. The van der Waals surface area contributed by atoms with Gasteiger partial charge in [-0.2, -0.15) is 0 Å². The van der Waals surface area contributed by atoms with Gasteiger partial charge in [-0.05, 0) is 48.1 Å². The largest absolute Gasteiger partial charge is 0.493 e. The Labute approximate surface area is 175 Å². The number of rotatable bonds is 6. The second-order valence-corrected chi connectivity index (χ2v) is 6.67. The van der Waals surface area contributed by atoms with Gasteiger partial charge in [0.25, 0.3) is 0 Å². The number of ether oxygens (including phenoxy) is 3. The number of carboxylic acids is 2. The van der Waals surface area contributed by atoms with Crippen molar-refractivity contribution in [1.29, 1.82) is 0 Å². The summed E-state index contributed by atoms with van der Waals surface area (Å²) in [5.41, 5.74) is 4.01. The van der Waals surface area contributed by atoms with Gasteiger partial charge in [-0.1, -0.05) is 24.3 Å². The second-order valence-electron chi connectivity index (χ2n) is 6.67. The Morgan fingerprint density at radius 3 is 2.13 bits per heavy atom. The molecule has 0 aromatic heterocycles. The third-order valence-electron chi connectivity index (χ3n) is 4.83. The number of fused-ring (bicyclic) bond motifs is 1. The van der Waals surface area contributed by atoms with Crippen LogP contribution in [-0.2, 0) is 22.6 Å². The number of hydrogen-bond acceptors (Lipinski definition) is 6. The Balaban J connectivity index is 0.000000469. The normalized spacial score (nSPS) is 14.6.